The molecule has 7 rings (SSSR count). The summed E-state index contributed by atoms with van der Waals surface area (Å²) in [5, 5.41) is 2.14. The van der Waals surface area contributed by atoms with Gasteiger partial charge in [0.25, 0.3) is 0 Å². The van der Waals surface area contributed by atoms with E-state index < -0.39 is 0 Å². The summed E-state index contributed by atoms with van der Waals surface area (Å²) >= 11 is 0. The number of ether oxygens (including phenoxy) is 1. The van der Waals surface area contributed by atoms with E-state index in [9.17, 15) is 4.79 Å². The van der Waals surface area contributed by atoms with Crippen LogP contribution in [0.1, 0.15) is 11.3 Å². The second-order valence-corrected chi connectivity index (χ2v) is 8.49. The van der Waals surface area contributed by atoms with E-state index in [0.29, 0.717) is 13.1 Å². The van der Waals surface area contributed by atoms with Crippen LogP contribution in [0, 0.1) is 0 Å². The molecule has 1 atom stereocenters. The fourth-order valence-corrected chi connectivity index (χ4v) is 4.71. The highest BCUT2D eigenvalue weighted by Gasteiger charge is 2.26. The molecular formula is C26H24N4O2. The fraction of sp³-hybridized carbons (Fsp3) is 0.231. The summed E-state index contributed by atoms with van der Waals surface area (Å²) in [5.41, 5.74) is 3.29. The number of hydrogen-bond acceptors (Lipinski definition) is 4. The number of benzene rings is 3. The minimum atomic E-state index is 0.138. The third kappa shape index (κ3) is 3.52. The molecule has 4 aromatic rings. The standard InChI is InChI=1S/C26H24N4O2/c31-26-17-28-10-9-21-15-27-18-29(21)16-19-3-1-5-22(13-19)32-23-8-7-20-4-2-6-25(24(20)14-23)30(26)12-11-28/h1-8,13-15,18H,9-12,16-17H2. The van der Waals surface area contributed by atoms with Crippen molar-refractivity contribution in [1.82, 2.24) is 14.5 Å². The molecule has 0 aliphatic carbocycles. The van der Waals surface area contributed by atoms with E-state index in [1.807, 2.05) is 53.8 Å². The van der Waals surface area contributed by atoms with Crippen molar-refractivity contribution < 1.29 is 9.53 Å². The minimum Gasteiger partial charge on any atom is -0.457 e. The third-order valence-electron chi connectivity index (χ3n) is 6.39. The Morgan fingerprint density at radius 1 is 0.875 bits per heavy atom. The number of rotatable bonds is 0. The van der Waals surface area contributed by atoms with Gasteiger partial charge in [0.2, 0.25) is 5.91 Å². The number of anilines is 1. The number of carbonyl (C=O) groups is 1. The van der Waals surface area contributed by atoms with E-state index >= 15 is 0 Å². The Balaban J connectivity index is 1.45. The number of carbonyl (C=O) groups excluding carboxylic acids is 1. The van der Waals surface area contributed by atoms with Gasteiger partial charge >= 0.3 is 0 Å². The van der Waals surface area contributed by atoms with Crippen molar-refractivity contribution in [3.05, 3.63) is 84.4 Å². The van der Waals surface area contributed by atoms with Gasteiger partial charge in [-0.05, 0) is 41.3 Å². The van der Waals surface area contributed by atoms with Gasteiger partial charge < -0.3 is 14.2 Å². The summed E-state index contributed by atoms with van der Waals surface area (Å²) in [6.45, 7) is 3.55. The van der Waals surface area contributed by atoms with Gasteiger partial charge in [0.1, 0.15) is 11.5 Å². The Bertz CT molecular complexity index is 1310. The molecule has 6 nitrogen and oxygen atoms in total. The number of piperazine rings is 1. The summed E-state index contributed by atoms with van der Waals surface area (Å²) in [4.78, 5) is 21.6. The first-order valence-corrected chi connectivity index (χ1v) is 11.0. The highest BCUT2D eigenvalue weighted by Crippen LogP contribution is 2.33. The van der Waals surface area contributed by atoms with Crippen LogP contribution in [0.25, 0.3) is 10.8 Å². The molecule has 160 valence electrons. The monoisotopic (exact) mass is 424 g/mol. The summed E-state index contributed by atoms with van der Waals surface area (Å²) in [6.07, 6.45) is 4.67. The van der Waals surface area contributed by atoms with Crippen molar-refractivity contribution in [2.45, 2.75) is 13.0 Å². The van der Waals surface area contributed by atoms with Gasteiger partial charge in [-0.1, -0.05) is 30.3 Å². The lowest BCUT2D eigenvalue weighted by molar-refractivity contribution is -0.121. The van der Waals surface area contributed by atoms with Crippen LogP contribution >= 0.6 is 0 Å². The molecule has 32 heavy (non-hydrogen) atoms. The molecule has 6 heteroatoms. The van der Waals surface area contributed by atoms with Crippen LogP contribution in [0.2, 0.25) is 0 Å². The molecule has 6 bridgehead atoms. The van der Waals surface area contributed by atoms with E-state index in [-0.39, 0.29) is 5.91 Å². The van der Waals surface area contributed by atoms with E-state index in [1.54, 1.807) is 0 Å². The number of amides is 1. The first kappa shape index (κ1) is 19.1. The Hall–Kier alpha value is -3.64. The first-order chi connectivity index (χ1) is 15.7. The van der Waals surface area contributed by atoms with Gasteiger partial charge in [0, 0.05) is 49.9 Å². The van der Waals surface area contributed by atoms with E-state index in [4.69, 9.17) is 4.74 Å². The number of aromatic nitrogens is 2. The maximum absolute atomic E-state index is 13.1. The minimum absolute atomic E-state index is 0.138. The topological polar surface area (TPSA) is 50.6 Å². The molecule has 1 fully saturated rings. The van der Waals surface area contributed by atoms with Crippen molar-refractivity contribution in [3.8, 4) is 11.5 Å². The summed E-state index contributed by atoms with van der Waals surface area (Å²) in [6, 6.07) is 20.4. The highest BCUT2D eigenvalue weighted by atomic mass is 16.5. The molecule has 3 aliphatic rings. The van der Waals surface area contributed by atoms with E-state index in [0.717, 1.165) is 59.6 Å². The lowest BCUT2D eigenvalue weighted by Crippen LogP contribution is -2.51. The zero-order chi connectivity index (χ0) is 21.5. The van der Waals surface area contributed by atoms with Gasteiger partial charge in [-0.15, -0.1) is 0 Å². The SMILES string of the molecule is O=C1CN2CCc3cncn3Cc3cccc(c3)Oc3ccc4cccc(c4c3)N1CC2. The van der Waals surface area contributed by atoms with Gasteiger partial charge in [0.05, 0.1) is 18.6 Å². The Kier molecular flexibility index (Phi) is 4.65. The van der Waals surface area contributed by atoms with Crippen LogP contribution in [0.15, 0.2) is 73.2 Å². The quantitative estimate of drug-likeness (QED) is 0.427. The van der Waals surface area contributed by atoms with Crippen LogP contribution in [-0.4, -0.2) is 46.5 Å². The van der Waals surface area contributed by atoms with Gasteiger partial charge in [-0.2, -0.15) is 0 Å². The molecule has 1 amide bonds. The molecule has 1 aromatic heterocycles. The molecule has 3 aromatic carbocycles. The van der Waals surface area contributed by atoms with E-state index in [2.05, 4.69) is 38.7 Å². The van der Waals surface area contributed by atoms with Gasteiger partial charge in [-0.3, -0.25) is 9.69 Å². The smallest absolute Gasteiger partial charge is 0.241 e. The van der Waals surface area contributed by atoms with Crippen molar-refractivity contribution >= 4 is 22.4 Å². The first-order valence-electron chi connectivity index (χ1n) is 11.0. The van der Waals surface area contributed by atoms with Crippen LogP contribution in [-0.2, 0) is 17.8 Å². The van der Waals surface area contributed by atoms with Gasteiger partial charge in [-0.25, -0.2) is 4.98 Å². The Labute approximate surface area is 186 Å². The van der Waals surface area contributed by atoms with Gasteiger partial charge in [0.15, 0.2) is 0 Å². The molecule has 3 aliphatic heterocycles. The number of fused-ring (bicyclic) bond motifs is 3. The average molecular weight is 425 g/mol. The van der Waals surface area contributed by atoms with Crippen molar-refractivity contribution in [2.24, 2.45) is 0 Å². The largest absolute Gasteiger partial charge is 0.457 e. The number of hydrogen-bond donors (Lipinski definition) is 0. The normalized spacial score (nSPS) is 18.4. The predicted octanol–water partition coefficient (Wildman–Crippen LogP) is 4.08. The fourth-order valence-electron chi connectivity index (χ4n) is 4.71. The van der Waals surface area contributed by atoms with Crippen LogP contribution in [0.3, 0.4) is 0 Å². The molecule has 0 spiro atoms. The van der Waals surface area contributed by atoms with E-state index in [1.165, 1.54) is 5.69 Å². The molecule has 1 saturated heterocycles. The third-order valence-corrected chi connectivity index (χ3v) is 6.39. The molecule has 0 saturated carbocycles. The second kappa shape index (κ2) is 7.80. The van der Waals surface area contributed by atoms with Crippen molar-refractivity contribution in [3.63, 3.8) is 0 Å². The zero-order valence-electron chi connectivity index (χ0n) is 17.8. The highest BCUT2D eigenvalue weighted by molar-refractivity contribution is 6.05. The number of nitrogens with zero attached hydrogens (tertiary/aromatic N) is 4. The van der Waals surface area contributed by atoms with Crippen LogP contribution in [0.4, 0.5) is 5.69 Å². The molecule has 0 N–H and O–H groups in total. The molecular weight excluding hydrogens is 400 g/mol. The molecule has 1 unspecified atom stereocenters. The van der Waals surface area contributed by atoms with Crippen LogP contribution in [0.5, 0.6) is 11.5 Å². The number of imidazole rings is 1. The second-order valence-electron chi connectivity index (χ2n) is 8.49. The lowest BCUT2D eigenvalue weighted by Gasteiger charge is -2.35. The zero-order valence-corrected chi connectivity index (χ0v) is 17.8. The Morgan fingerprint density at radius 3 is 2.72 bits per heavy atom. The molecule has 4 heterocycles. The maximum atomic E-state index is 13.1. The predicted molar refractivity (Wildman–Crippen MR) is 124 cm³/mol. The summed E-state index contributed by atoms with van der Waals surface area (Å²) in [7, 11) is 0. The average Bonchev–Trinajstić information content (AvgIpc) is 3.24. The summed E-state index contributed by atoms with van der Waals surface area (Å²) in [5.74, 6) is 1.70. The summed E-state index contributed by atoms with van der Waals surface area (Å²) < 4.78 is 8.42. The van der Waals surface area contributed by atoms with Crippen molar-refractivity contribution in [1.29, 1.82) is 0 Å². The lowest BCUT2D eigenvalue weighted by atomic mass is 10.1. The van der Waals surface area contributed by atoms with Crippen molar-refractivity contribution in [2.75, 3.05) is 31.1 Å². The van der Waals surface area contributed by atoms with Crippen LogP contribution < -0.4 is 9.64 Å². The molecule has 0 radical (unpaired) electrons. The maximum Gasteiger partial charge on any atom is 0.241 e. The Morgan fingerprint density at radius 2 is 1.78 bits per heavy atom.